The normalized spacial score (nSPS) is 10.0. The average Bonchev–Trinajstić information content (AvgIpc) is 2.42. The number of pyridine rings is 1. The van der Waals surface area contributed by atoms with Crippen LogP contribution in [0.25, 0.3) is 0 Å². The molecule has 0 spiro atoms. The highest BCUT2D eigenvalue weighted by atomic mass is 35.5. The molecule has 1 aromatic heterocycles. The first-order chi connectivity index (χ1) is 9.19. The summed E-state index contributed by atoms with van der Waals surface area (Å²) in [7, 11) is 1.53. The topological polar surface area (TPSA) is 51.2 Å². The first-order valence-electron chi connectivity index (χ1n) is 5.72. The number of anilines is 1. The van der Waals surface area contributed by atoms with Crippen molar-refractivity contribution in [2.45, 2.75) is 6.42 Å². The van der Waals surface area contributed by atoms with E-state index in [0.29, 0.717) is 16.6 Å². The van der Waals surface area contributed by atoms with E-state index >= 15 is 0 Å². The van der Waals surface area contributed by atoms with Gasteiger partial charge in [0, 0.05) is 11.2 Å². The summed E-state index contributed by atoms with van der Waals surface area (Å²) in [4.78, 5) is 16.0. The zero-order valence-corrected chi connectivity index (χ0v) is 11.1. The molecule has 98 valence electrons. The smallest absolute Gasteiger partial charge is 0.230 e. The maximum Gasteiger partial charge on any atom is 0.230 e. The van der Waals surface area contributed by atoms with E-state index in [9.17, 15) is 4.79 Å². The highest BCUT2D eigenvalue weighted by Gasteiger charge is 2.08. The van der Waals surface area contributed by atoms with Crippen molar-refractivity contribution in [3.8, 4) is 5.75 Å². The van der Waals surface area contributed by atoms with Crippen molar-refractivity contribution < 1.29 is 9.53 Å². The number of halogens is 1. The van der Waals surface area contributed by atoms with Gasteiger partial charge in [-0.25, -0.2) is 4.98 Å². The third-order valence-corrected chi connectivity index (χ3v) is 2.78. The van der Waals surface area contributed by atoms with Crippen molar-refractivity contribution in [1.29, 1.82) is 0 Å². The van der Waals surface area contributed by atoms with Crippen LogP contribution in [0.3, 0.4) is 0 Å². The van der Waals surface area contributed by atoms with Crippen molar-refractivity contribution in [3.63, 3.8) is 0 Å². The molecule has 1 amide bonds. The van der Waals surface area contributed by atoms with E-state index in [1.54, 1.807) is 30.5 Å². The quantitative estimate of drug-likeness (QED) is 0.934. The van der Waals surface area contributed by atoms with Crippen LogP contribution < -0.4 is 10.1 Å². The molecule has 0 atom stereocenters. The third-order valence-electron chi connectivity index (χ3n) is 2.53. The maximum absolute atomic E-state index is 11.9. The Hall–Kier alpha value is -2.07. The Morgan fingerprint density at radius 1 is 1.32 bits per heavy atom. The predicted molar refractivity (Wildman–Crippen MR) is 74.6 cm³/mol. The molecule has 0 saturated heterocycles. The van der Waals surface area contributed by atoms with Crippen LogP contribution in [0.1, 0.15) is 5.56 Å². The van der Waals surface area contributed by atoms with E-state index in [-0.39, 0.29) is 12.3 Å². The molecule has 1 aromatic carbocycles. The van der Waals surface area contributed by atoms with Crippen molar-refractivity contribution in [2.75, 3.05) is 12.4 Å². The van der Waals surface area contributed by atoms with Crippen molar-refractivity contribution in [1.82, 2.24) is 4.98 Å². The van der Waals surface area contributed by atoms with Crippen LogP contribution in [0, 0.1) is 0 Å². The summed E-state index contributed by atoms with van der Waals surface area (Å²) in [5, 5.41) is 3.37. The number of benzene rings is 1. The van der Waals surface area contributed by atoms with Crippen LogP contribution in [0.2, 0.25) is 5.02 Å². The number of hydrogen-bond acceptors (Lipinski definition) is 3. The molecule has 0 aliphatic heterocycles. The summed E-state index contributed by atoms with van der Waals surface area (Å²) < 4.78 is 5.12. The maximum atomic E-state index is 11.9. The molecule has 0 saturated carbocycles. The minimum atomic E-state index is -0.153. The molecule has 0 aliphatic carbocycles. The molecule has 2 aromatic rings. The lowest BCUT2D eigenvalue weighted by atomic mass is 10.1. The molecule has 0 radical (unpaired) electrons. The molecular formula is C14H13ClN2O2. The van der Waals surface area contributed by atoms with E-state index in [4.69, 9.17) is 16.3 Å². The standard InChI is InChI=1S/C14H13ClN2O2/c1-19-12-3-2-8-16-14(12)17-13(18)9-10-4-6-11(15)7-5-10/h2-8H,9H2,1H3,(H,16,17,18). The summed E-state index contributed by atoms with van der Waals surface area (Å²) >= 11 is 5.79. The fourth-order valence-electron chi connectivity index (χ4n) is 1.61. The fourth-order valence-corrected chi connectivity index (χ4v) is 1.74. The lowest BCUT2D eigenvalue weighted by Gasteiger charge is -2.08. The summed E-state index contributed by atoms with van der Waals surface area (Å²) in [5.41, 5.74) is 0.886. The van der Waals surface area contributed by atoms with Gasteiger partial charge >= 0.3 is 0 Å². The summed E-state index contributed by atoms with van der Waals surface area (Å²) in [6.07, 6.45) is 1.86. The van der Waals surface area contributed by atoms with Crippen LogP contribution in [-0.4, -0.2) is 18.0 Å². The molecule has 1 heterocycles. The number of carbonyl (C=O) groups is 1. The number of nitrogens with zero attached hydrogens (tertiary/aromatic N) is 1. The van der Waals surface area contributed by atoms with E-state index in [1.165, 1.54) is 7.11 Å². The number of carbonyl (C=O) groups excluding carboxylic acids is 1. The van der Waals surface area contributed by atoms with E-state index in [2.05, 4.69) is 10.3 Å². The summed E-state index contributed by atoms with van der Waals surface area (Å²) in [6, 6.07) is 10.6. The van der Waals surface area contributed by atoms with Gasteiger partial charge in [-0.05, 0) is 29.8 Å². The zero-order chi connectivity index (χ0) is 13.7. The Labute approximate surface area is 116 Å². The Morgan fingerprint density at radius 3 is 2.74 bits per heavy atom. The molecule has 19 heavy (non-hydrogen) atoms. The van der Waals surface area contributed by atoms with Gasteiger partial charge in [-0.1, -0.05) is 23.7 Å². The second kappa shape index (κ2) is 6.20. The van der Waals surface area contributed by atoms with E-state index in [0.717, 1.165) is 5.56 Å². The highest BCUT2D eigenvalue weighted by Crippen LogP contribution is 2.20. The van der Waals surface area contributed by atoms with Gasteiger partial charge in [0.05, 0.1) is 13.5 Å². The van der Waals surface area contributed by atoms with Crippen molar-refractivity contribution >= 4 is 23.3 Å². The van der Waals surface area contributed by atoms with Crippen LogP contribution >= 0.6 is 11.6 Å². The van der Waals surface area contributed by atoms with Crippen molar-refractivity contribution in [3.05, 3.63) is 53.2 Å². The Morgan fingerprint density at radius 2 is 2.05 bits per heavy atom. The van der Waals surface area contributed by atoms with Crippen LogP contribution in [0.4, 0.5) is 5.82 Å². The van der Waals surface area contributed by atoms with Gasteiger partial charge in [0.2, 0.25) is 5.91 Å². The van der Waals surface area contributed by atoms with E-state index in [1.807, 2.05) is 12.1 Å². The number of rotatable bonds is 4. The highest BCUT2D eigenvalue weighted by molar-refractivity contribution is 6.30. The molecule has 2 rings (SSSR count). The monoisotopic (exact) mass is 276 g/mol. The molecule has 0 aliphatic rings. The molecular weight excluding hydrogens is 264 g/mol. The Bertz CT molecular complexity index is 570. The lowest BCUT2D eigenvalue weighted by Crippen LogP contribution is -2.15. The van der Waals surface area contributed by atoms with Crippen LogP contribution in [-0.2, 0) is 11.2 Å². The van der Waals surface area contributed by atoms with Gasteiger partial charge in [-0.2, -0.15) is 0 Å². The van der Waals surface area contributed by atoms with Crippen LogP contribution in [0.5, 0.6) is 5.75 Å². The van der Waals surface area contributed by atoms with Gasteiger partial charge < -0.3 is 10.1 Å². The van der Waals surface area contributed by atoms with Gasteiger partial charge in [0.15, 0.2) is 11.6 Å². The zero-order valence-electron chi connectivity index (χ0n) is 10.4. The number of aromatic nitrogens is 1. The second-order valence-electron chi connectivity index (χ2n) is 3.91. The molecule has 1 N–H and O–H groups in total. The predicted octanol–water partition coefficient (Wildman–Crippen LogP) is 2.92. The SMILES string of the molecule is COc1cccnc1NC(=O)Cc1ccc(Cl)cc1. The van der Waals surface area contributed by atoms with Crippen molar-refractivity contribution in [2.24, 2.45) is 0 Å². The number of hydrogen-bond donors (Lipinski definition) is 1. The van der Waals surface area contributed by atoms with E-state index < -0.39 is 0 Å². The lowest BCUT2D eigenvalue weighted by molar-refractivity contribution is -0.115. The first-order valence-corrected chi connectivity index (χ1v) is 6.10. The molecule has 0 unspecified atom stereocenters. The van der Waals surface area contributed by atoms with Gasteiger partial charge in [-0.3, -0.25) is 4.79 Å². The minimum Gasteiger partial charge on any atom is -0.493 e. The average molecular weight is 277 g/mol. The van der Waals surface area contributed by atoms with Gasteiger partial charge in [0.25, 0.3) is 0 Å². The molecule has 4 nitrogen and oxygen atoms in total. The Kier molecular flexibility index (Phi) is 4.36. The third kappa shape index (κ3) is 3.69. The largest absolute Gasteiger partial charge is 0.493 e. The molecule has 0 bridgehead atoms. The minimum absolute atomic E-state index is 0.153. The number of amides is 1. The summed E-state index contributed by atoms with van der Waals surface area (Å²) in [5.74, 6) is 0.801. The Balaban J connectivity index is 2.03. The molecule has 5 heteroatoms. The second-order valence-corrected chi connectivity index (χ2v) is 4.34. The fraction of sp³-hybridized carbons (Fsp3) is 0.143. The summed E-state index contributed by atoms with van der Waals surface area (Å²) in [6.45, 7) is 0. The number of ether oxygens (including phenoxy) is 1. The van der Waals surface area contributed by atoms with Crippen LogP contribution in [0.15, 0.2) is 42.6 Å². The molecule has 0 fully saturated rings. The first kappa shape index (κ1) is 13.4. The van der Waals surface area contributed by atoms with Gasteiger partial charge in [0.1, 0.15) is 0 Å². The van der Waals surface area contributed by atoms with Gasteiger partial charge in [-0.15, -0.1) is 0 Å². The number of nitrogens with one attached hydrogen (secondary N) is 1. The number of methoxy groups -OCH3 is 1.